The van der Waals surface area contributed by atoms with Crippen LogP contribution in [0.25, 0.3) is 0 Å². The quantitative estimate of drug-likeness (QED) is 0.804. The van der Waals surface area contributed by atoms with Crippen molar-refractivity contribution < 1.29 is 19.1 Å². The SMILES string of the molecule is C=CC(=O)N1CCC(C(=O)Nc2cc(Cl)cc3c2OCC(=O)N3)CC1. The van der Waals surface area contributed by atoms with Crippen molar-refractivity contribution in [3.8, 4) is 5.75 Å². The van der Waals surface area contributed by atoms with Crippen molar-refractivity contribution in [2.24, 2.45) is 5.92 Å². The van der Waals surface area contributed by atoms with Gasteiger partial charge in [-0.15, -0.1) is 0 Å². The minimum absolute atomic E-state index is 0.112. The molecule has 0 unspecified atom stereocenters. The summed E-state index contributed by atoms with van der Waals surface area (Å²) in [5.41, 5.74) is 0.863. The molecule has 0 spiro atoms. The van der Waals surface area contributed by atoms with E-state index in [2.05, 4.69) is 17.2 Å². The number of carbonyl (C=O) groups excluding carboxylic acids is 3. The molecule has 1 aromatic carbocycles. The highest BCUT2D eigenvalue weighted by Gasteiger charge is 2.28. The van der Waals surface area contributed by atoms with Crippen LogP contribution >= 0.6 is 11.6 Å². The molecule has 1 aromatic rings. The van der Waals surface area contributed by atoms with Crippen LogP contribution in [-0.2, 0) is 14.4 Å². The zero-order valence-corrected chi connectivity index (χ0v) is 14.3. The van der Waals surface area contributed by atoms with Gasteiger partial charge in [-0.25, -0.2) is 0 Å². The van der Waals surface area contributed by atoms with Crippen molar-refractivity contribution in [3.63, 3.8) is 0 Å². The van der Waals surface area contributed by atoms with E-state index in [0.29, 0.717) is 48.1 Å². The summed E-state index contributed by atoms with van der Waals surface area (Å²) in [6.45, 7) is 4.40. The number of nitrogens with zero attached hydrogens (tertiary/aromatic N) is 1. The maximum absolute atomic E-state index is 12.6. The Hall–Kier alpha value is -2.54. The first-order chi connectivity index (χ1) is 12.0. The lowest BCUT2D eigenvalue weighted by molar-refractivity contribution is -0.130. The topological polar surface area (TPSA) is 87.7 Å². The van der Waals surface area contributed by atoms with Crippen molar-refractivity contribution in [2.45, 2.75) is 12.8 Å². The Balaban J connectivity index is 1.69. The van der Waals surface area contributed by atoms with Crippen LogP contribution in [-0.4, -0.2) is 42.3 Å². The van der Waals surface area contributed by atoms with E-state index < -0.39 is 0 Å². The van der Waals surface area contributed by atoms with Gasteiger partial charge >= 0.3 is 0 Å². The predicted molar refractivity (Wildman–Crippen MR) is 93.7 cm³/mol. The molecule has 1 saturated heterocycles. The number of rotatable bonds is 3. The third-order valence-electron chi connectivity index (χ3n) is 4.29. The minimum atomic E-state index is -0.272. The summed E-state index contributed by atoms with van der Waals surface area (Å²) >= 11 is 6.06. The average Bonchev–Trinajstić information content (AvgIpc) is 2.60. The van der Waals surface area contributed by atoms with Gasteiger partial charge in [-0.05, 0) is 31.1 Å². The van der Waals surface area contributed by atoms with Crippen LogP contribution in [0.2, 0.25) is 5.02 Å². The lowest BCUT2D eigenvalue weighted by Gasteiger charge is -2.31. The van der Waals surface area contributed by atoms with Crippen LogP contribution in [0.3, 0.4) is 0 Å². The van der Waals surface area contributed by atoms with E-state index in [9.17, 15) is 14.4 Å². The van der Waals surface area contributed by atoms with Gasteiger partial charge < -0.3 is 20.3 Å². The normalized spacial score (nSPS) is 17.2. The lowest BCUT2D eigenvalue weighted by Crippen LogP contribution is -2.40. The molecule has 3 rings (SSSR count). The summed E-state index contributed by atoms with van der Waals surface area (Å²) in [5.74, 6) is -0.354. The molecular weight excluding hydrogens is 346 g/mol. The van der Waals surface area contributed by atoms with E-state index in [-0.39, 0.29) is 30.2 Å². The molecule has 0 atom stereocenters. The van der Waals surface area contributed by atoms with Gasteiger partial charge in [0.2, 0.25) is 11.8 Å². The highest BCUT2D eigenvalue weighted by molar-refractivity contribution is 6.31. The third kappa shape index (κ3) is 3.76. The molecule has 0 bridgehead atoms. The molecule has 0 aromatic heterocycles. The number of piperidine rings is 1. The van der Waals surface area contributed by atoms with Crippen molar-refractivity contribution in [1.29, 1.82) is 0 Å². The molecule has 0 aliphatic carbocycles. The number of amides is 3. The first-order valence-electron chi connectivity index (χ1n) is 7.96. The summed E-state index contributed by atoms with van der Waals surface area (Å²) in [4.78, 5) is 37.3. The number of benzene rings is 1. The van der Waals surface area contributed by atoms with Gasteiger partial charge in [-0.3, -0.25) is 14.4 Å². The average molecular weight is 364 g/mol. The molecule has 1 fully saturated rings. The Morgan fingerprint density at radius 1 is 1.36 bits per heavy atom. The van der Waals surface area contributed by atoms with E-state index >= 15 is 0 Å². The molecule has 2 aliphatic rings. The number of anilines is 2. The van der Waals surface area contributed by atoms with Crippen LogP contribution in [0, 0.1) is 5.92 Å². The predicted octanol–water partition coefficient (Wildman–Crippen LogP) is 2.03. The van der Waals surface area contributed by atoms with Gasteiger partial charge in [0.1, 0.15) is 0 Å². The van der Waals surface area contributed by atoms with E-state index in [1.165, 1.54) is 6.08 Å². The highest BCUT2D eigenvalue weighted by atomic mass is 35.5. The summed E-state index contributed by atoms with van der Waals surface area (Å²) < 4.78 is 5.42. The molecule has 3 amide bonds. The second kappa shape index (κ2) is 7.14. The van der Waals surface area contributed by atoms with Crippen molar-refractivity contribution in [2.75, 3.05) is 30.3 Å². The van der Waals surface area contributed by atoms with Crippen LogP contribution in [0.5, 0.6) is 5.75 Å². The molecule has 132 valence electrons. The molecule has 0 saturated carbocycles. The molecule has 8 heteroatoms. The zero-order chi connectivity index (χ0) is 18.0. The number of hydrogen-bond donors (Lipinski definition) is 2. The van der Waals surface area contributed by atoms with E-state index in [4.69, 9.17) is 16.3 Å². The van der Waals surface area contributed by atoms with Gasteiger partial charge in [0.25, 0.3) is 5.91 Å². The van der Waals surface area contributed by atoms with Crippen molar-refractivity contribution in [3.05, 3.63) is 29.8 Å². The summed E-state index contributed by atoms with van der Waals surface area (Å²) in [6.07, 6.45) is 2.43. The molecule has 2 N–H and O–H groups in total. The number of hydrogen-bond acceptors (Lipinski definition) is 4. The number of carbonyl (C=O) groups is 3. The summed E-state index contributed by atoms with van der Waals surface area (Å²) in [5, 5.41) is 5.88. The van der Waals surface area contributed by atoms with Crippen molar-refractivity contribution >= 4 is 40.7 Å². The van der Waals surface area contributed by atoms with Gasteiger partial charge in [0.05, 0.1) is 11.4 Å². The molecular formula is C17H18ClN3O4. The largest absolute Gasteiger partial charge is 0.479 e. The maximum atomic E-state index is 12.6. The monoisotopic (exact) mass is 363 g/mol. The van der Waals surface area contributed by atoms with E-state index in [0.717, 1.165) is 0 Å². The van der Waals surface area contributed by atoms with E-state index in [1.54, 1.807) is 17.0 Å². The second-order valence-corrected chi connectivity index (χ2v) is 6.40. The van der Waals surface area contributed by atoms with Crippen LogP contribution in [0.15, 0.2) is 24.8 Å². The lowest BCUT2D eigenvalue weighted by atomic mass is 9.95. The molecule has 2 aliphatic heterocycles. The third-order valence-corrected chi connectivity index (χ3v) is 4.50. The molecule has 2 heterocycles. The van der Waals surface area contributed by atoms with Gasteiger partial charge in [-0.2, -0.15) is 0 Å². The first-order valence-corrected chi connectivity index (χ1v) is 8.34. The van der Waals surface area contributed by atoms with Crippen LogP contribution < -0.4 is 15.4 Å². The maximum Gasteiger partial charge on any atom is 0.262 e. The number of likely N-dealkylation sites (tertiary alicyclic amines) is 1. The summed E-state index contributed by atoms with van der Waals surface area (Å²) in [6, 6.07) is 3.16. The Morgan fingerprint density at radius 2 is 2.08 bits per heavy atom. The van der Waals surface area contributed by atoms with Crippen LogP contribution in [0.1, 0.15) is 12.8 Å². The zero-order valence-electron chi connectivity index (χ0n) is 13.5. The highest BCUT2D eigenvalue weighted by Crippen LogP contribution is 2.39. The fraction of sp³-hybridized carbons (Fsp3) is 0.353. The van der Waals surface area contributed by atoms with Crippen molar-refractivity contribution in [1.82, 2.24) is 4.90 Å². The smallest absolute Gasteiger partial charge is 0.262 e. The molecule has 25 heavy (non-hydrogen) atoms. The number of ether oxygens (including phenoxy) is 1. The van der Waals surface area contributed by atoms with E-state index in [1.807, 2.05) is 0 Å². The number of halogens is 1. The Kier molecular flexibility index (Phi) is 4.94. The Morgan fingerprint density at radius 3 is 2.76 bits per heavy atom. The van der Waals surface area contributed by atoms with Gasteiger partial charge in [-0.1, -0.05) is 18.2 Å². The van der Waals surface area contributed by atoms with Gasteiger partial charge in [0.15, 0.2) is 12.4 Å². The standard InChI is InChI=1S/C17H18ClN3O4/c1-2-15(23)21-5-3-10(4-6-21)17(24)20-13-8-11(18)7-12-16(13)25-9-14(22)19-12/h2,7-8,10H,1,3-6,9H2,(H,19,22)(H,20,24). The second-order valence-electron chi connectivity index (χ2n) is 5.96. The number of fused-ring (bicyclic) bond motifs is 1. The number of nitrogens with one attached hydrogen (secondary N) is 2. The first kappa shape index (κ1) is 17.3. The fourth-order valence-electron chi connectivity index (χ4n) is 2.98. The van der Waals surface area contributed by atoms with Crippen LogP contribution in [0.4, 0.5) is 11.4 Å². The molecule has 7 nitrogen and oxygen atoms in total. The summed E-state index contributed by atoms with van der Waals surface area (Å²) in [7, 11) is 0. The Labute approximate surface area is 150 Å². The minimum Gasteiger partial charge on any atom is -0.479 e. The molecule has 0 radical (unpaired) electrons. The van der Waals surface area contributed by atoms with Gasteiger partial charge in [0, 0.05) is 24.0 Å². The Bertz CT molecular complexity index is 742. The fourth-order valence-corrected chi connectivity index (χ4v) is 3.20.